The van der Waals surface area contributed by atoms with Gasteiger partial charge in [0.15, 0.2) is 0 Å². The van der Waals surface area contributed by atoms with Crippen LogP contribution in [-0.2, 0) is 4.79 Å². The fourth-order valence-corrected chi connectivity index (χ4v) is 3.84. The van der Waals surface area contributed by atoms with Crippen LogP contribution in [0, 0.1) is 6.92 Å². The number of carbonyl (C=O) groups is 1. The normalized spacial score (nSPS) is 23.8. The number of hydrogen-bond donors (Lipinski definition) is 1. The molecule has 0 bridgehead atoms. The molecule has 0 spiro atoms. The lowest BCUT2D eigenvalue weighted by molar-refractivity contribution is -0.131. The monoisotopic (exact) mass is 370 g/mol. The van der Waals surface area contributed by atoms with Crippen molar-refractivity contribution in [3.8, 4) is 0 Å². The number of aryl methyl sites for hydroxylation is 1. The average Bonchev–Trinajstić information content (AvgIpc) is 3.28. The van der Waals surface area contributed by atoms with Crippen LogP contribution < -0.4 is 10.6 Å². The zero-order chi connectivity index (χ0) is 18.8. The van der Waals surface area contributed by atoms with Crippen molar-refractivity contribution in [1.82, 2.24) is 19.8 Å². The van der Waals surface area contributed by atoms with Crippen molar-refractivity contribution in [3.05, 3.63) is 42.1 Å². The van der Waals surface area contributed by atoms with Gasteiger partial charge in [0.25, 0.3) is 0 Å². The first-order valence-electron chi connectivity index (χ1n) is 9.44. The summed E-state index contributed by atoms with van der Waals surface area (Å²) in [5.74, 6) is 2.73. The molecule has 2 saturated heterocycles. The summed E-state index contributed by atoms with van der Waals surface area (Å²) in [5, 5.41) is 0. The van der Waals surface area contributed by atoms with E-state index in [2.05, 4.69) is 19.8 Å². The van der Waals surface area contributed by atoms with E-state index in [-0.39, 0.29) is 17.9 Å². The van der Waals surface area contributed by atoms with Crippen LogP contribution in [0.5, 0.6) is 0 Å². The summed E-state index contributed by atoms with van der Waals surface area (Å²) in [6, 6.07) is 5.66. The highest BCUT2D eigenvalue weighted by molar-refractivity contribution is 5.79. The molecule has 2 N–H and O–H groups in total. The van der Waals surface area contributed by atoms with Crippen LogP contribution in [0.25, 0.3) is 0 Å². The van der Waals surface area contributed by atoms with Gasteiger partial charge in [0.1, 0.15) is 11.5 Å². The molecule has 2 aliphatic rings. The molecule has 2 aromatic heterocycles. The number of piperazine rings is 1. The predicted molar refractivity (Wildman–Crippen MR) is 101 cm³/mol. The highest BCUT2D eigenvalue weighted by Gasteiger charge is 2.36. The van der Waals surface area contributed by atoms with Gasteiger partial charge in [-0.05, 0) is 25.1 Å². The number of nitrogens with two attached hydrogens (primary N) is 1. The Balaban J connectivity index is 1.29. The number of nitrogens with zero attached hydrogens (tertiary/aromatic N) is 5. The zero-order valence-corrected chi connectivity index (χ0v) is 15.6. The maximum atomic E-state index is 12.8. The van der Waals surface area contributed by atoms with Gasteiger partial charge >= 0.3 is 0 Å². The van der Waals surface area contributed by atoms with Gasteiger partial charge in [0.05, 0.1) is 12.5 Å². The van der Waals surface area contributed by atoms with Crippen LogP contribution in [0.15, 0.2) is 35.0 Å². The molecule has 8 heteroatoms. The molecule has 1 amide bonds. The van der Waals surface area contributed by atoms with E-state index in [4.69, 9.17) is 10.2 Å². The van der Waals surface area contributed by atoms with Crippen molar-refractivity contribution in [2.24, 2.45) is 5.73 Å². The van der Waals surface area contributed by atoms with Crippen molar-refractivity contribution < 1.29 is 9.21 Å². The number of anilines is 1. The van der Waals surface area contributed by atoms with E-state index in [0.717, 1.165) is 43.6 Å². The third-order valence-electron chi connectivity index (χ3n) is 5.41. The van der Waals surface area contributed by atoms with E-state index in [9.17, 15) is 4.79 Å². The molecule has 2 aromatic rings. The second-order valence-corrected chi connectivity index (χ2v) is 7.33. The standard InChI is InChI=1S/C19H26N6O2/c1-14-3-4-17(27-14)15-11-25(12-16(15)20)18(26)13-23-7-9-24(10-8-23)19-21-5-2-6-22-19/h2-6,15-16H,7-13,20H2,1H3/t15-,16-/m1/s1. The van der Waals surface area contributed by atoms with Gasteiger partial charge in [-0.15, -0.1) is 0 Å². The number of hydrogen-bond acceptors (Lipinski definition) is 7. The second kappa shape index (κ2) is 7.66. The van der Waals surface area contributed by atoms with Gasteiger partial charge in [-0.2, -0.15) is 0 Å². The number of likely N-dealkylation sites (tertiary alicyclic amines) is 1. The molecule has 144 valence electrons. The Morgan fingerprint density at radius 3 is 2.59 bits per heavy atom. The van der Waals surface area contributed by atoms with Gasteiger partial charge in [-0.1, -0.05) is 0 Å². The van der Waals surface area contributed by atoms with Crippen molar-refractivity contribution in [2.45, 2.75) is 18.9 Å². The summed E-state index contributed by atoms with van der Waals surface area (Å²) in [5.41, 5.74) is 6.28. The first kappa shape index (κ1) is 17.9. The maximum Gasteiger partial charge on any atom is 0.236 e. The van der Waals surface area contributed by atoms with Crippen LogP contribution >= 0.6 is 0 Å². The maximum absolute atomic E-state index is 12.8. The zero-order valence-electron chi connectivity index (χ0n) is 15.6. The molecule has 0 radical (unpaired) electrons. The molecule has 0 unspecified atom stereocenters. The Morgan fingerprint density at radius 2 is 1.93 bits per heavy atom. The van der Waals surface area contributed by atoms with E-state index >= 15 is 0 Å². The Morgan fingerprint density at radius 1 is 1.19 bits per heavy atom. The molecule has 2 aliphatic heterocycles. The van der Waals surface area contributed by atoms with E-state index in [1.807, 2.05) is 30.0 Å². The minimum absolute atomic E-state index is 0.0772. The molecule has 0 aliphatic carbocycles. The fraction of sp³-hybridized carbons (Fsp3) is 0.526. The largest absolute Gasteiger partial charge is 0.466 e. The first-order chi connectivity index (χ1) is 13.1. The van der Waals surface area contributed by atoms with E-state index < -0.39 is 0 Å². The van der Waals surface area contributed by atoms with Gasteiger partial charge in [0, 0.05) is 57.7 Å². The highest BCUT2D eigenvalue weighted by atomic mass is 16.3. The van der Waals surface area contributed by atoms with Crippen molar-refractivity contribution >= 4 is 11.9 Å². The molecule has 8 nitrogen and oxygen atoms in total. The molecule has 0 aromatic carbocycles. The molecule has 0 saturated carbocycles. The molecule has 2 fully saturated rings. The van der Waals surface area contributed by atoms with Crippen molar-refractivity contribution in [1.29, 1.82) is 0 Å². The highest BCUT2D eigenvalue weighted by Crippen LogP contribution is 2.28. The summed E-state index contributed by atoms with van der Waals surface area (Å²) < 4.78 is 5.72. The van der Waals surface area contributed by atoms with Gasteiger partial charge < -0.3 is 20.0 Å². The number of rotatable bonds is 4. The topological polar surface area (TPSA) is 91.7 Å². The quantitative estimate of drug-likeness (QED) is 0.835. The summed E-state index contributed by atoms with van der Waals surface area (Å²) in [4.78, 5) is 27.6. The van der Waals surface area contributed by atoms with E-state index in [1.54, 1.807) is 12.4 Å². The van der Waals surface area contributed by atoms with E-state index in [0.29, 0.717) is 19.6 Å². The number of aromatic nitrogens is 2. The number of amides is 1. The smallest absolute Gasteiger partial charge is 0.236 e. The molecule has 27 heavy (non-hydrogen) atoms. The predicted octanol–water partition coefficient (Wildman–Crippen LogP) is 0.453. The number of carbonyl (C=O) groups excluding carboxylic acids is 1. The van der Waals surface area contributed by atoms with Crippen molar-refractivity contribution in [2.75, 3.05) is 50.7 Å². The first-order valence-corrected chi connectivity index (χ1v) is 9.44. The van der Waals surface area contributed by atoms with Crippen molar-refractivity contribution in [3.63, 3.8) is 0 Å². The third-order valence-corrected chi connectivity index (χ3v) is 5.41. The third kappa shape index (κ3) is 3.96. The average molecular weight is 370 g/mol. The summed E-state index contributed by atoms with van der Waals surface area (Å²) >= 11 is 0. The number of furan rings is 1. The molecule has 4 heterocycles. The van der Waals surface area contributed by atoms with Gasteiger partial charge in [-0.3, -0.25) is 9.69 Å². The summed E-state index contributed by atoms with van der Waals surface area (Å²) in [6.07, 6.45) is 3.51. The Bertz CT molecular complexity index is 772. The van der Waals surface area contributed by atoms with Gasteiger partial charge in [-0.25, -0.2) is 9.97 Å². The van der Waals surface area contributed by atoms with Crippen LogP contribution in [0.3, 0.4) is 0 Å². The van der Waals surface area contributed by atoms with E-state index in [1.165, 1.54) is 0 Å². The molecular weight excluding hydrogens is 344 g/mol. The Hall–Kier alpha value is -2.45. The fourth-order valence-electron chi connectivity index (χ4n) is 3.84. The summed E-state index contributed by atoms with van der Waals surface area (Å²) in [6.45, 7) is 6.87. The lowest BCUT2D eigenvalue weighted by Gasteiger charge is -2.34. The second-order valence-electron chi connectivity index (χ2n) is 7.33. The van der Waals surface area contributed by atoms with Crippen LogP contribution in [0.1, 0.15) is 17.4 Å². The summed E-state index contributed by atoms with van der Waals surface area (Å²) in [7, 11) is 0. The SMILES string of the molecule is Cc1ccc([C@@H]2CN(C(=O)CN3CCN(c4ncccn4)CC3)C[C@H]2N)o1. The Kier molecular flexibility index (Phi) is 5.09. The lowest BCUT2D eigenvalue weighted by Crippen LogP contribution is -2.50. The van der Waals surface area contributed by atoms with Gasteiger partial charge in [0.2, 0.25) is 11.9 Å². The Labute approximate surface area is 159 Å². The molecular formula is C19H26N6O2. The minimum Gasteiger partial charge on any atom is -0.466 e. The minimum atomic E-state index is -0.0772. The molecule has 4 rings (SSSR count). The van der Waals surface area contributed by atoms with Crippen LogP contribution in [0.4, 0.5) is 5.95 Å². The molecule has 2 atom stereocenters. The van der Waals surface area contributed by atoms with Crippen LogP contribution in [-0.4, -0.2) is 77.5 Å². The van der Waals surface area contributed by atoms with Crippen LogP contribution in [0.2, 0.25) is 0 Å². The lowest BCUT2D eigenvalue weighted by atomic mass is 10.0.